The van der Waals surface area contributed by atoms with Crippen LogP contribution in [0, 0.1) is 5.92 Å². The highest BCUT2D eigenvalue weighted by Crippen LogP contribution is 2.32. The maximum absolute atomic E-state index is 12.8. The summed E-state index contributed by atoms with van der Waals surface area (Å²) in [5, 5.41) is 2.61. The molecule has 0 aromatic heterocycles. The first kappa shape index (κ1) is 15.8. The summed E-state index contributed by atoms with van der Waals surface area (Å²) in [6.45, 7) is -0.111. The molecule has 21 heavy (non-hydrogen) atoms. The van der Waals surface area contributed by atoms with Gasteiger partial charge in [0.05, 0.1) is 5.56 Å². The van der Waals surface area contributed by atoms with Crippen molar-refractivity contribution in [3.63, 3.8) is 0 Å². The molecular formula is C15H19F3N2O. The zero-order valence-electron chi connectivity index (χ0n) is 11.6. The highest BCUT2D eigenvalue weighted by molar-refractivity contribution is 5.78. The van der Waals surface area contributed by atoms with Gasteiger partial charge in [-0.15, -0.1) is 0 Å². The van der Waals surface area contributed by atoms with E-state index >= 15 is 0 Å². The van der Waals surface area contributed by atoms with Gasteiger partial charge in [0.2, 0.25) is 5.91 Å². The largest absolute Gasteiger partial charge is 0.416 e. The number of benzene rings is 1. The van der Waals surface area contributed by atoms with Crippen molar-refractivity contribution in [3.05, 3.63) is 35.4 Å². The van der Waals surface area contributed by atoms with E-state index in [1.165, 1.54) is 18.2 Å². The molecule has 6 heteroatoms. The molecule has 2 rings (SSSR count). The zero-order valence-corrected chi connectivity index (χ0v) is 11.6. The van der Waals surface area contributed by atoms with E-state index < -0.39 is 11.7 Å². The summed E-state index contributed by atoms with van der Waals surface area (Å²) in [7, 11) is 0. The summed E-state index contributed by atoms with van der Waals surface area (Å²) in [6.07, 6.45) is -1.26. The van der Waals surface area contributed by atoms with Crippen LogP contribution in [-0.4, -0.2) is 11.9 Å². The number of halogens is 3. The van der Waals surface area contributed by atoms with Gasteiger partial charge < -0.3 is 11.1 Å². The number of carbonyl (C=O) groups is 1. The maximum Gasteiger partial charge on any atom is 0.416 e. The number of rotatable bonds is 3. The van der Waals surface area contributed by atoms with Crippen molar-refractivity contribution in [2.75, 3.05) is 0 Å². The molecule has 0 saturated heterocycles. The summed E-state index contributed by atoms with van der Waals surface area (Å²) in [5.41, 5.74) is 5.20. The topological polar surface area (TPSA) is 55.1 Å². The Morgan fingerprint density at radius 1 is 1.29 bits per heavy atom. The van der Waals surface area contributed by atoms with Gasteiger partial charge in [-0.1, -0.05) is 24.6 Å². The first-order chi connectivity index (χ1) is 9.88. The van der Waals surface area contributed by atoms with E-state index in [1.54, 1.807) is 0 Å². The molecule has 1 fully saturated rings. The summed E-state index contributed by atoms with van der Waals surface area (Å²) in [5.74, 6) is -0.395. The Bertz CT molecular complexity index is 502. The third kappa shape index (κ3) is 4.20. The first-order valence-electron chi connectivity index (χ1n) is 7.06. The Morgan fingerprint density at radius 2 is 2.00 bits per heavy atom. The number of amides is 1. The molecule has 2 atom stereocenters. The molecule has 3 nitrogen and oxygen atoms in total. The van der Waals surface area contributed by atoms with Gasteiger partial charge in [0.25, 0.3) is 0 Å². The Balaban J connectivity index is 1.98. The average molecular weight is 300 g/mol. The van der Waals surface area contributed by atoms with Gasteiger partial charge in [0.1, 0.15) is 0 Å². The lowest BCUT2D eigenvalue weighted by molar-refractivity contribution is -0.138. The van der Waals surface area contributed by atoms with Crippen LogP contribution < -0.4 is 11.1 Å². The smallest absolute Gasteiger partial charge is 0.352 e. The average Bonchev–Trinajstić information content (AvgIpc) is 2.44. The molecule has 1 aliphatic carbocycles. The fraction of sp³-hybridized carbons (Fsp3) is 0.533. The minimum absolute atomic E-state index is 0.0111. The van der Waals surface area contributed by atoms with Crippen LogP contribution in [0.2, 0.25) is 0 Å². The van der Waals surface area contributed by atoms with Crippen LogP contribution in [0.5, 0.6) is 0 Å². The zero-order chi connectivity index (χ0) is 15.5. The number of carbonyl (C=O) groups excluding carboxylic acids is 1. The Kier molecular flexibility index (Phi) is 4.88. The number of nitrogens with one attached hydrogen (secondary N) is 1. The molecule has 1 aromatic rings. The van der Waals surface area contributed by atoms with Crippen molar-refractivity contribution in [2.24, 2.45) is 11.7 Å². The second kappa shape index (κ2) is 6.47. The summed E-state index contributed by atoms with van der Waals surface area (Å²) < 4.78 is 38.5. The second-order valence-electron chi connectivity index (χ2n) is 5.50. The van der Waals surface area contributed by atoms with Crippen LogP contribution >= 0.6 is 0 Å². The van der Waals surface area contributed by atoms with Crippen molar-refractivity contribution >= 4 is 5.91 Å². The molecule has 0 spiro atoms. The van der Waals surface area contributed by atoms with Gasteiger partial charge in [-0.25, -0.2) is 0 Å². The van der Waals surface area contributed by atoms with E-state index in [0.29, 0.717) is 6.42 Å². The first-order valence-corrected chi connectivity index (χ1v) is 7.06. The SMILES string of the molecule is NC1CCCC(C(=O)NCc2ccccc2C(F)(F)F)C1. The molecule has 1 saturated carbocycles. The van der Waals surface area contributed by atoms with Crippen molar-refractivity contribution in [1.82, 2.24) is 5.32 Å². The standard InChI is InChI=1S/C15H19F3N2O/c16-15(17,18)13-7-2-1-4-11(13)9-20-14(21)10-5-3-6-12(19)8-10/h1-2,4,7,10,12H,3,5-6,8-9,19H2,(H,20,21). The molecule has 0 bridgehead atoms. The van der Waals surface area contributed by atoms with E-state index in [-0.39, 0.29) is 30.0 Å². The van der Waals surface area contributed by atoms with E-state index in [1.807, 2.05) is 0 Å². The predicted molar refractivity (Wildman–Crippen MR) is 73.2 cm³/mol. The van der Waals surface area contributed by atoms with Crippen molar-refractivity contribution in [3.8, 4) is 0 Å². The number of alkyl halides is 3. The number of hydrogen-bond acceptors (Lipinski definition) is 2. The van der Waals surface area contributed by atoms with Crippen LogP contribution in [0.3, 0.4) is 0 Å². The molecular weight excluding hydrogens is 281 g/mol. The van der Waals surface area contributed by atoms with Crippen molar-refractivity contribution in [1.29, 1.82) is 0 Å². The lowest BCUT2D eigenvalue weighted by atomic mass is 9.85. The van der Waals surface area contributed by atoms with Gasteiger partial charge >= 0.3 is 6.18 Å². The van der Waals surface area contributed by atoms with E-state index in [0.717, 1.165) is 25.3 Å². The molecule has 2 unspecified atom stereocenters. The minimum atomic E-state index is -4.41. The van der Waals surface area contributed by atoms with E-state index in [2.05, 4.69) is 5.32 Å². The molecule has 1 aromatic carbocycles. The molecule has 3 N–H and O–H groups in total. The number of nitrogens with two attached hydrogens (primary N) is 1. The van der Waals surface area contributed by atoms with Crippen LogP contribution in [0.15, 0.2) is 24.3 Å². The highest BCUT2D eigenvalue weighted by Gasteiger charge is 2.33. The second-order valence-corrected chi connectivity index (χ2v) is 5.50. The maximum atomic E-state index is 12.8. The van der Waals surface area contributed by atoms with Gasteiger partial charge in [-0.3, -0.25) is 4.79 Å². The van der Waals surface area contributed by atoms with Gasteiger partial charge in [-0.2, -0.15) is 13.2 Å². The Labute approximate surface area is 121 Å². The molecule has 1 aliphatic rings. The summed E-state index contributed by atoms with van der Waals surface area (Å²) >= 11 is 0. The van der Waals surface area contributed by atoms with Gasteiger partial charge in [0, 0.05) is 18.5 Å². The van der Waals surface area contributed by atoms with Gasteiger partial charge in [-0.05, 0) is 30.9 Å². The Morgan fingerprint density at radius 3 is 2.67 bits per heavy atom. The quantitative estimate of drug-likeness (QED) is 0.902. The van der Waals surface area contributed by atoms with Crippen LogP contribution in [0.25, 0.3) is 0 Å². The van der Waals surface area contributed by atoms with E-state index in [4.69, 9.17) is 5.73 Å². The van der Waals surface area contributed by atoms with Crippen molar-refractivity contribution in [2.45, 2.75) is 44.4 Å². The fourth-order valence-corrected chi connectivity index (χ4v) is 2.74. The van der Waals surface area contributed by atoms with Crippen molar-refractivity contribution < 1.29 is 18.0 Å². The molecule has 0 aliphatic heterocycles. The minimum Gasteiger partial charge on any atom is -0.352 e. The lowest BCUT2D eigenvalue weighted by Crippen LogP contribution is -2.37. The lowest BCUT2D eigenvalue weighted by Gasteiger charge is -2.25. The molecule has 0 radical (unpaired) electrons. The fourth-order valence-electron chi connectivity index (χ4n) is 2.74. The normalized spacial score (nSPS) is 22.9. The highest BCUT2D eigenvalue weighted by atomic mass is 19.4. The number of hydrogen-bond donors (Lipinski definition) is 2. The molecule has 0 heterocycles. The van der Waals surface area contributed by atoms with Crippen LogP contribution in [0.1, 0.15) is 36.8 Å². The predicted octanol–water partition coefficient (Wildman–Crippen LogP) is 2.84. The molecule has 1 amide bonds. The Hall–Kier alpha value is -1.56. The van der Waals surface area contributed by atoms with Crippen LogP contribution in [-0.2, 0) is 17.5 Å². The summed E-state index contributed by atoms with van der Waals surface area (Å²) in [4.78, 5) is 12.0. The third-order valence-corrected chi connectivity index (χ3v) is 3.86. The van der Waals surface area contributed by atoms with Crippen LogP contribution in [0.4, 0.5) is 13.2 Å². The van der Waals surface area contributed by atoms with Gasteiger partial charge in [0.15, 0.2) is 0 Å². The van der Waals surface area contributed by atoms with E-state index in [9.17, 15) is 18.0 Å². The monoisotopic (exact) mass is 300 g/mol. The molecule has 116 valence electrons. The third-order valence-electron chi connectivity index (χ3n) is 3.86. The summed E-state index contributed by atoms with van der Waals surface area (Å²) in [6, 6.07) is 5.30.